The van der Waals surface area contributed by atoms with Gasteiger partial charge in [-0.05, 0) is 62.4 Å². The van der Waals surface area contributed by atoms with Crippen molar-refractivity contribution in [1.82, 2.24) is 0 Å². The van der Waals surface area contributed by atoms with Crippen LogP contribution in [-0.4, -0.2) is 0 Å². The number of benzene rings is 1. The SMILES string of the molecule is Cc1ccc(-c2cc3c(=O)c4cc5c(cc4c3s2)c(=O)c2cc(-c3ccc(C)s3)sc25)s1. The summed E-state index contributed by atoms with van der Waals surface area (Å²) in [5.74, 6) is 0. The molecule has 3 aromatic carbocycles. The topological polar surface area (TPSA) is 34.1 Å². The predicted molar refractivity (Wildman–Crippen MR) is 143 cm³/mol. The molecule has 0 N–H and O–H groups in total. The summed E-state index contributed by atoms with van der Waals surface area (Å²) in [6.45, 7) is 4.18. The van der Waals surface area contributed by atoms with E-state index < -0.39 is 0 Å². The fraction of sp³-hybridized carbons (Fsp3) is 0.0769. The molecule has 0 atom stereocenters. The Balaban J connectivity index is 1.50. The van der Waals surface area contributed by atoms with Gasteiger partial charge in [0.05, 0.1) is 0 Å². The molecule has 0 amide bonds. The fourth-order valence-corrected chi connectivity index (χ4v) is 8.81. The Labute approximate surface area is 198 Å². The van der Waals surface area contributed by atoms with Crippen LogP contribution in [0.25, 0.3) is 61.2 Å². The summed E-state index contributed by atoms with van der Waals surface area (Å²) in [5, 5.41) is 4.80. The van der Waals surface area contributed by atoms with Gasteiger partial charge in [-0.3, -0.25) is 9.59 Å². The maximum Gasteiger partial charge on any atom is 0.195 e. The maximum atomic E-state index is 13.3. The number of fused-ring (bicyclic) bond motifs is 6. The molecule has 0 bridgehead atoms. The van der Waals surface area contributed by atoms with Crippen LogP contribution >= 0.6 is 45.3 Å². The molecule has 0 aliphatic heterocycles. The van der Waals surface area contributed by atoms with Gasteiger partial charge in [-0.15, -0.1) is 45.3 Å². The number of hydrogen-bond acceptors (Lipinski definition) is 6. The van der Waals surface area contributed by atoms with Crippen LogP contribution in [0.15, 0.2) is 58.1 Å². The second-order valence-electron chi connectivity index (χ2n) is 8.13. The minimum atomic E-state index is 0.0696. The molecule has 0 aliphatic carbocycles. The third-order valence-electron chi connectivity index (χ3n) is 6.06. The standard InChI is InChI=1S/C26H14O2S4/c1-11-3-5-19(29-11)21-9-17-23(27)13-8-16-14(7-15(13)25(17)31-21)24(28)18-10-22(32-26(16)18)20-6-4-12(2)30-20/h3-10H,1-2H3. The highest BCUT2D eigenvalue weighted by Gasteiger charge is 2.21. The van der Waals surface area contributed by atoms with Gasteiger partial charge in [0.1, 0.15) is 0 Å². The molecule has 0 fully saturated rings. The average molecular weight is 487 g/mol. The molecule has 4 heterocycles. The van der Waals surface area contributed by atoms with Crippen molar-refractivity contribution in [3.8, 4) is 19.5 Å². The van der Waals surface area contributed by atoms with E-state index in [9.17, 15) is 9.59 Å². The van der Waals surface area contributed by atoms with Gasteiger partial charge in [0.25, 0.3) is 0 Å². The highest BCUT2D eigenvalue weighted by atomic mass is 32.1. The molecule has 7 rings (SSSR count). The second kappa shape index (κ2) is 6.45. The van der Waals surface area contributed by atoms with E-state index in [1.807, 2.05) is 24.3 Å². The molecule has 0 saturated heterocycles. The van der Waals surface area contributed by atoms with Gasteiger partial charge in [0.15, 0.2) is 10.9 Å². The normalized spacial score (nSPS) is 12.3. The van der Waals surface area contributed by atoms with Crippen LogP contribution in [0.4, 0.5) is 0 Å². The lowest BCUT2D eigenvalue weighted by Crippen LogP contribution is -1.95. The number of thiophene rings is 4. The largest absolute Gasteiger partial charge is 0.289 e. The van der Waals surface area contributed by atoms with Crippen molar-refractivity contribution in [3.05, 3.63) is 78.7 Å². The van der Waals surface area contributed by atoms with Gasteiger partial charge < -0.3 is 0 Å². The molecule has 4 aromatic heterocycles. The molecule has 0 spiro atoms. The summed E-state index contributed by atoms with van der Waals surface area (Å²) in [7, 11) is 0. The van der Waals surface area contributed by atoms with Crippen molar-refractivity contribution in [2.75, 3.05) is 0 Å². The minimum Gasteiger partial charge on any atom is -0.289 e. The minimum absolute atomic E-state index is 0.0696. The van der Waals surface area contributed by atoms with E-state index >= 15 is 0 Å². The van der Waals surface area contributed by atoms with Crippen LogP contribution in [0.2, 0.25) is 0 Å². The molecule has 6 heteroatoms. The van der Waals surface area contributed by atoms with Crippen molar-refractivity contribution in [1.29, 1.82) is 0 Å². The van der Waals surface area contributed by atoms with Gasteiger partial charge in [-0.2, -0.15) is 0 Å². The Hall–Kier alpha value is -2.64. The van der Waals surface area contributed by atoms with E-state index in [4.69, 9.17) is 0 Å². The number of aryl methyl sites for hydroxylation is 2. The monoisotopic (exact) mass is 486 g/mol. The average Bonchev–Trinajstić information content (AvgIpc) is 3.58. The quantitative estimate of drug-likeness (QED) is 0.247. The molecule has 0 radical (unpaired) electrons. The van der Waals surface area contributed by atoms with Gasteiger partial charge in [0, 0.05) is 71.0 Å². The van der Waals surface area contributed by atoms with Gasteiger partial charge in [-0.1, -0.05) is 0 Å². The third kappa shape index (κ3) is 2.49. The Morgan fingerprint density at radius 2 is 0.906 bits per heavy atom. The summed E-state index contributed by atoms with van der Waals surface area (Å²) in [6, 6.07) is 16.4. The molecule has 0 saturated carbocycles. The van der Waals surface area contributed by atoms with Crippen LogP contribution in [0, 0.1) is 13.8 Å². The lowest BCUT2D eigenvalue weighted by Gasteiger charge is -1.94. The molecule has 32 heavy (non-hydrogen) atoms. The van der Waals surface area contributed by atoms with Gasteiger partial charge >= 0.3 is 0 Å². The molecule has 0 aliphatic rings. The van der Waals surface area contributed by atoms with Crippen molar-refractivity contribution < 1.29 is 0 Å². The maximum absolute atomic E-state index is 13.3. The van der Waals surface area contributed by atoms with E-state index in [2.05, 4.69) is 38.1 Å². The first-order chi connectivity index (χ1) is 15.5. The summed E-state index contributed by atoms with van der Waals surface area (Å²) < 4.78 is 1.98. The molecule has 2 nitrogen and oxygen atoms in total. The van der Waals surface area contributed by atoms with E-state index in [0.717, 1.165) is 51.5 Å². The second-order valence-corrected chi connectivity index (χ2v) is 12.8. The molecule has 0 unspecified atom stereocenters. The Morgan fingerprint density at radius 1 is 0.469 bits per heavy atom. The summed E-state index contributed by atoms with van der Waals surface area (Å²) in [6.07, 6.45) is 0. The first-order valence-electron chi connectivity index (χ1n) is 10.2. The van der Waals surface area contributed by atoms with E-state index in [0.29, 0.717) is 0 Å². The van der Waals surface area contributed by atoms with Crippen LogP contribution in [0.5, 0.6) is 0 Å². The summed E-state index contributed by atoms with van der Waals surface area (Å²) >= 11 is 6.79. The Kier molecular flexibility index (Phi) is 3.81. The van der Waals surface area contributed by atoms with E-state index in [1.54, 1.807) is 45.3 Å². The van der Waals surface area contributed by atoms with E-state index in [-0.39, 0.29) is 10.9 Å². The van der Waals surface area contributed by atoms with Gasteiger partial charge in [-0.25, -0.2) is 0 Å². The number of hydrogen-bond donors (Lipinski definition) is 0. The van der Waals surface area contributed by atoms with Crippen molar-refractivity contribution >= 4 is 87.1 Å². The molecular weight excluding hydrogens is 473 g/mol. The van der Waals surface area contributed by atoms with Crippen molar-refractivity contribution in [3.63, 3.8) is 0 Å². The van der Waals surface area contributed by atoms with Crippen molar-refractivity contribution in [2.24, 2.45) is 0 Å². The highest BCUT2D eigenvalue weighted by Crippen LogP contribution is 2.43. The first-order valence-corrected chi connectivity index (χ1v) is 13.4. The zero-order valence-electron chi connectivity index (χ0n) is 17.1. The smallest absolute Gasteiger partial charge is 0.195 e. The van der Waals surface area contributed by atoms with Crippen molar-refractivity contribution in [2.45, 2.75) is 13.8 Å². The zero-order valence-corrected chi connectivity index (χ0v) is 20.3. The third-order valence-corrected chi connectivity index (χ3v) is 10.8. The molecule has 7 aromatic rings. The first kappa shape index (κ1) is 18.9. The molecule has 154 valence electrons. The highest BCUT2D eigenvalue weighted by molar-refractivity contribution is 7.27. The fourth-order valence-electron chi connectivity index (χ4n) is 4.54. The van der Waals surface area contributed by atoms with Crippen LogP contribution < -0.4 is 10.9 Å². The van der Waals surface area contributed by atoms with Crippen LogP contribution in [0.1, 0.15) is 9.75 Å². The zero-order chi connectivity index (χ0) is 21.7. The summed E-state index contributed by atoms with van der Waals surface area (Å²) in [4.78, 5) is 33.7. The predicted octanol–water partition coefficient (Wildman–Crippen LogP) is 8.09. The lowest BCUT2D eigenvalue weighted by atomic mass is 10.1. The Bertz CT molecular complexity index is 1800. The van der Waals surface area contributed by atoms with Crippen LogP contribution in [0.3, 0.4) is 0 Å². The van der Waals surface area contributed by atoms with E-state index in [1.165, 1.54) is 19.5 Å². The number of rotatable bonds is 2. The Morgan fingerprint density at radius 3 is 1.28 bits per heavy atom. The molecular formula is C26H14O2S4. The van der Waals surface area contributed by atoms with Crippen LogP contribution in [-0.2, 0) is 0 Å². The lowest BCUT2D eigenvalue weighted by molar-refractivity contribution is 1.64. The van der Waals surface area contributed by atoms with Gasteiger partial charge in [0.2, 0.25) is 0 Å². The summed E-state index contributed by atoms with van der Waals surface area (Å²) in [5.41, 5.74) is 0.139.